The molecule has 0 fully saturated rings. The summed E-state index contributed by atoms with van der Waals surface area (Å²) in [6.45, 7) is 4.42. The van der Waals surface area contributed by atoms with Gasteiger partial charge in [0.1, 0.15) is 0 Å². The van der Waals surface area contributed by atoms with Crippen molar-refractivity contribution in [2.75, 3.05) is 5.75 Å². The van der Waals surface area contributed by atoms with E-state index in [0.29, 0.717) is 23.7 Å². The van der Waals surface area contributed by atoms with Crippen molar-refractivity contribution >= 4 is 34.7 Å². The van der Waals surface area contributed by atoms with Crippen LogP contribution in [-0.4, -0.2) is 31.1 Å². The van der Waals surface area contributed by atoms with Gasteiger partial charge in [-0.25, -0.2) is 9.50 Å². The molecule has 130 valence electrons. The highest BCUT2D eigenvalue weighted by molar-refractivity contribution is 7.99. The summed E-state index contributed by atoms with van der Waals surface area (Å²) < 4.78 is 1.65. The van der Waals surface area contributed by atoms with E-state index in [2.05, 4.69) is 40.4 Å². The van der Waals surface area contributed by atoms with E-state index in [9.17, 15) is 4.79 Å². The molecule has 0 radical (unpaired) electrons. The summed E-state index contributed by atoms with van der Waals surface area (Å²) in [6, 6.07) is 4.14. The van der Waals surface area contributed by atoms with Crippen LogP contribution in [0.4, 0.5) is 0 Å². The highest BCUT2D eigenvalue weighted by Gasteiger charge is 2.29. The van der Waals surface area contributed by atoms with E-state index < -0.39 is 0 Å². The van der Waals surface area contributed by atoms with Crippen LogP contribution in [-0.2, 0) is 6.42 Å². The van der Waals surface area contributed by atoms with Crippen molar-refractivity contribution in [2.45, 2.75) is 44.2 Å². The number of nitrogens with zero attached hydrogens (tertiary/aromatic N) is 4. The molecule has 25 heavy (non-hydrogen) atoms. The number of carbonyl (C=O) groups is 1. The second kappa shape index (κ2) is 6.88. The lowest BCUT2D eigenvalue weighted by Gasteiger charge is -2.21. The molecule has 3 aromatic heterocycles. The summed E-state index contributed by atoms with van der Waals surface area (Å²) in [4.78, 5) is 23.0. The molecular weight excluding hydrogens is 352 g/mol. The molecule has 0 aliphatic heterocycles. The smallest absolute Gasteiger partial charge is 0.253 e. The lowest BCUT2D eigenvalue weighted by Crippen LogP contribution is -2.20. The van der Waals surface area contributed by atoms with E-state index >= 15 is 0 Å². The zero-order valence-corrected chi connectivity index (χ0v) is 15.9. The number of carbonyl (C=O) groups excluding carboxylic acids is 1. The standard InChI is InChI=1S/C18H20N4OS2/c1-11(2)5-7-25-18-20-17-19-14-8-12(16-4-3-6-24-16)9-15(23)13(14)10-22(17)21-18/h3-4,6,10-12H,5,7-9H2,1-2H3. The first-order valence-corrected chi connectivity index (χ1v) is 10.4. The van der Waals surface area contributed by atoms with Gasteiger partial charge in [-0.3, -0.25) is 4.79 Å². The molecule has 0 spiro atoms. The van der Waals surface area contributed by atoms with Gasteiger partial charge in [0.2, 0.25) is 5.16 Å². The zero-order valence-electron chi connectivity index (χ0n) is 14.3. The third-order valence-corrected chi connectivity index (χ3v) is 6.34. The average Bonchev–Trinajstić information content (AvgIpc) is 3.21. The minimum atomic E-state index is 0.151. The molecule has 0 bridgehead atoms. The predicted octanol–water partition coefficient (Wildman–Crippen LogP) is 4.24. The number of hydrogen-bond acceptors (Lipinski definition) is 6. The minimum Gasteiger partial charge on any atom is -0.294 e. The van der Waals surface area contributed by atoms with Gasteiger partial charge in [-0.15, -0.1) is 16.4 Å². The Morgan fingerprint density at radius 2 is 2.24 bits per heavy atom. The SMILES string of the molecule is CC(C)CCSc1nc2nc3c(cn2n1)C(=O)CC(c1cccs1)C3. The van der Waals surface area contributed by atoms with E-state index in [4.69, 9.17) is 0 Å². The van der Waals surface area contributed by atoms with Crippen LogP contribution in [0.1, 0.15) is 53.5 Å². The summed E-state index contributed by atoms with van der Waals surface area (Å²) in [6.07, 6.45) is 4.28. The Morgan fingerprint density at radius 3 is 3.00 bits per heavy atom. The van der Waals surface area contributed by atoms with Crippen molar-refractivity contribution in [3.63, 3.8) is 0 Å². The molecule has 3 heterocycles. The Labute approximate surface area is 154 Å². The lowest BCUT2D eigenvalue weighted by atomic mass is 9.86. The fraction of sp³-hybridized carbons (Fsp3) is 0.444. The predicted molar refractivity (Wildman–Crippen MR) is 101 cm³/mol. The van der Waals surface area contributed by atoms with Gasteiger partial charge >= 0.3 is 0 Å². The van der Waals surface area contributed by atoms with E-state index in [-0.39, 0.29) is 11.7 Å². The van der Waals surface area contributed by atoms with Gasteiger partial charge in [0.25, 0.3) is 5.78 Å². The zero-order chi connectivity index (χ0) is 17.4. The van der Waals surface area contributed by atoms with E-state index in [1.807, 2.05) is 12.3 Å². The molecule has 4 rings (SSSR count). The molecule has 1 aliphatic rings. The van der Waals surface area contributed by atoms with Gasteiger partial charge in [-0.05, 0) is 30.2 Å². The topological polar surface area (TPSA) is 60.1 Å². The monoisotopic (exact) mass is 372 g/mol. The third kappa shape index (κ3) is 3.48. The van der Waals surface area contributed by atoms with Crippen LogP contribution in [0, 0.1) is 5.92 Å². The number of aromatic nitrogens is 4. The molecule has 1 atom stereocenters. The number of rotatable bonds is 5. The van der Waals surface area contributed by atoms with Crippen molar-refractivity contribution in [1.82, 2.24) is 19.6 Å². The molecule has 1 unspecified atom stereocenters. The van der Waals surface area contributed by atoms with Crippen molar-refractivity contribution < 1.29 is 4.79 Å². The number of Topliss-reactive ketones (excluding diaryl/α,β-unsaturated/α-hetero) is 1. The summed E-state index contributed by atoms with van der Waals surface area (Å²) in [5, 5.41) is 7.27. The number of ketones is 1. The molecule has 1 aliphatic carbocycles. The first kappa shape index (κ1) is 16.7. The molecule has 0 amide bonds. The largest absolute Gasteiger partial charge is 0.294 e. The molecule has 0 N–H and O–H groups in total. The number of hydrogen-bond donors (Lipinski definition) is 0. The quantitative estimate of drug-likeness (QED) is 0.627. The molecule has 3 aromatic rings. The Morgan fingerprint density at radius 1 is 1.36 bits per heavy atom. The van der Waals surface area contributed by atoms with Crippen LogP contribution in [0.15, 0.2) is 28.9 Å². The molecule has 5 nitrogen and oxygen atoms in total. The summed E-state index contributed by atoms with van der Waals surface area (Å²) in [7, 11) is 0. The van der Waals surface area contributed by atoms with Crippen LogP contribution in [0.5, 0.6) is 0 Å². The fourth-order valence-corrected chi connectivity index (χ4v) is 4.93. The van der Waals surface area contributed by atoms with Gasteiger partial charge in [0, 0.05) is 29.2 Å². The van der Waals surface area contributed by atoms with Crippen LogP contribution >= 0.6 is 23.1 Å². The summed E-state index contributed by atoms with van der Waals surface area (Å²) >= 11 is 3.36. The van der Waals surface area contributed by atoms with Crippen LogP contribution < -0.4 is 0 Å². The van der Waals surface area contributed by atoms with Gasteiger partial charge in [0.15, 0.2) is 5.78 Å². The Kier molecular flexibility index (Phi) is 4.60. The first-order chi connectivity index (χ1) is 12.1. The molecule has 0 aromatic carbocycles. The highest BCUT2D eigenvalue weighted by atomic mass is 32.2. The lowest BCUT2D eigenvalue weighted by molar-refractivity contribution is 0.0963. The normalized spacial score (nSPS) is 17.4. The second-order valence-electron chi connectivity index (χ2n) is 6.81. The van der Waals surface area contributed by atoms with Gasteiger partial charge < -0.3 is 0 Å². The molecule has 0 saturated heterocycles. The fourth-order valence-electron chi connectivity index (χ4n) is 3.04. The van der Waals surface area contributed by atoms with Crippen LogP contribution in [0.25, 0.3) is 5.78 Å². The summed E-state index contributed by atoms with van der Waals surface area (Å²) in [5.41, 5.74) is 1.55. The average molecular weight is 373 g/mol. The van der Waals surface area contributed by atoms with Gasteiger partial charge in [-0.1, -0.05) is 31.7 Å². The maximum Gasteiger partial charge on any atom is 0.253 e. The van der Waals surface area contributed by atoms with E-state index in [1.54, 1.807) is 27.6 Å². The maximum atomic E-state index is 12.6. The highest BCUT2D eigenvalue weighted by Crippen LogP contribution is 2.34. The Bertz CT molecular complexity index is 901. The maximum absolute atomic E-state index is 12.6. The Hall–Kier alpha value is -1.73. The molecule has 0 saturated carbocycles. The van der Waals surface area contributed by atoms with Gasteiger partial charge in [0.05, 0.1) is 11.3 Å². The summed E-state index contributed by atoms with van der Waals surface area (Å²) in [5.74, 6) is 2.64. The second-order valence-corrected chi connectivity index (χ2v) is 8.86. The number of thioether (sulfide) groups is 1. The molecular formula is C18H20N4OS2. The van der Waals surface area contributed by atoms with E-state index in [0.717, 1.165) is 29.4 Å². The third-order valence-electron chi connectivity index (χ3n) is 4.43. The van der Waals surface area contributed by atoms with Crippen molar-refractivity contribution in [3.8, 4) is 0 Å². The number of fused-ring (bicyclic) bond motifs is 2. The van der Waals surface area contributed by atoms with Gasteiger partial charge in [-0.2, -0.15) is 4.98 Å². The molecule has 7 heteroatoms. The van der Waals surface area contributed by atoms with Crippen LogP contribution in [0.3, 0.4) is 0 Å². The van der Waals surface area contributed by atoms with Crippen molar-refractivity contribution in [1.29, 1.82) is 0 Å². The van der Waals surface area contributed by atoms with Crippen molar-refractivity contribution in [3.05, 3.63) is 39.8 Å². The number of thiophene rings is 1. The minimum absolute atomic E-state index is 0.151. The van der Waals surface area contributed by atoms with Crippen molar-refractivity contribution in [2.24, 2.45) is 5.92 Å². The van der Waals surface area contributed by atoms with E-state index in [1.165, 1.54) is 4.88 Å². The first-order valence-electron chi connectivity index (χ1n) is 8.56. The Balaban J connectivity index is 1.60. The van der Waals surface area contributed by atoms with Crippen LogP contribution in [0.2, 0.25) is 0 Å².